The quantitative estimate of drug-likeness (QED) is 0.595. The molecule has 1 atom stereocenters. The highest BCUT2D eigenvalue weighted by molar-refractivity contribution is 5.68. The van der Waals surface area contributed by atoms with Crippen LogP contribution < -0.4 is 0 Å². The van der Waals surface area contributed by atoms with Gasteiger partial charge in [-0.05, 0) is 12.8 Å². The molecule has 2 N–H and O–H groups in total. The zero-order valence-electron chi connectivity index (χ0n) is 9.25. The van der Waals surface area contributed by atoms with Crippen molar-refractivity contribution in [3.05, 3.63) is 0 Å². The van der Waals surface area contributed by atoms with Crippen molar-refractivity contribution >= 4 is 5.97 Å². The lowest BCUT2D eigenvalue weighted by atomic mass is 9.88. The van der Waals surface area contributed by atoms with Crippen molar-refractivity contribution in [3.8, 4) is 0 Å². The summed E-state index contributed by atoms with van der Waals surface area (Å²) in [5, 5.41) is 18.7. The van der Waals surface area contributed by atoms with Crippen LogP contribution in [0, 0.1) is 0 Å². The molecule has 0 aromatic carbocycles. The standard InChI is InChI=1S/C11H22O3/c1-3-5-6-8-11(14,7-4-2)9-10(12)13/h14H,3-9H2,1-2H3,(H,12,13). The minimum Gasteiger partial charge on any atom is -0.481 e. The van der Waals surface area contributed by atoms with E-state index in [4.69, 9.17) is 5.11 Å². The molecule has 0 aliphatic heterocycles. The third kappa shape index (κ3) is 5.97. The highest BCUT2D eigenvalue weighted by Gasteiger charge is 2.28. The zero-order chi connectivity index (χ0) is 11.0. The first-order chi connectivity index (χ1) is 6.54. The molecule has 3 nitrogen and oxygen atoms in total. The van der Waals surface area contributed by atoms with Crippen LogP contribution in [0.25, 0.3) is 0 Å². The van der Waals surface area contributed by atoms with Gasteiger partial charge in [0.1, 0.15) is 0 Å². The molecular weight excluding hydrogens is 180 g/mol. The van der Waals surface area contributed by atoms with Gasteiger partial charge in [0, 0.05) is 0 Å². The Labute approximate surface area is 86.1 Å². The van der Waals surface area contributed by atoms with Gasteiger partial charge >= 0.3 is 5.97 Å². The molecular formula is C11H22O3. The molecule has 0 radical (unpaired) electrons. The fourth-order valence-electron chi connectivity index (χ4n) is 1.75. The predicted octanol–water partition coefficient (Wildman–Crippen LogP) is 2.57. The third-order valence-corrected chi connectivity index (χ3v) is 2.44. The molecule has 0 saturated carbocycles. The van der Waals surface area contributed by atoms with Gasteiger partial charge in [-0.25, -0.2) is 0 Å². The summed E-state index contributed by atoms with van der Waals surface area (Å²) in [6.07, 6.45) is 4.98. The van der Waals surface area contributed by atoms with Crippen LogP contribution >= 0.6 is 0 Å². The third-order valence-electron chi connectivity index (χ3n) is 2.44. The maximum absolute atomic E-state index is 10.6. The largest absolute Gasteiger partial charge is 0.481 e. The summed E-state index contributed by atoms with van der Waals surface area (Å²) < 4.78 is 0. The molecule has 0 aliphatic carbocycles. The lowest BCUT2D eigenvalue weighted by Gasteiger charge is -2.25. The smallest absolute Gasteiger partial charge is 0.306 e. The molecule has 0 fully saturated rings. The van der Waals surface area contributed by atoms with E-state index in [0.717, 1.165) is 25.7 Å². The fourth-order valence-corrected chi connectivity index (χ4v) is 1.75. The molecule has 0 amide bonds. The zero-order valence-corrected chi connectivity index (χ0v) is 9.25. The molecule has 3 heteroatoms. The molecule has 84 valence electrons. The van der Waals surface area contributed by atoms with Gasteiger partial charge in [0.25, 0.3) is 0 Å². The van der Waals surface area contributed by atoms with Gasteiger partial charge in [0.05, 0.1) is 12.0 Å². The van der Waals surface area contributed by atoms with Crippen LogP contribution in [0.4, 0.5) is 0 Å². The molecule has 0 bridgehead atoms. The number of rotatable bonds is 8. The topological polar surface area (TPSA) is 57.5 Å². The van der Waals surface area contributed by atoms with Crippen LogP contribution in [0.15, 0.2) is 0 Å². The Morgan fingerprint density at radius 1 is 1.14 bits per heavy atom. The second kappa shape index (κ2) is 6.82. The summed E-state index contributed by atoms with van der Waals surface area (Å²) in [6.45, 7) is 4.06. The van der Waals surface area contributed by atoms with Gasteiger partial charge in [0.2, 0.25) is 0 Å². The number of hydrogen-bond acceptors (Lipinski definition) is 2. The number of carboxylic acid groups (broad SMARTS) is 1. The van der Waals surface area contributed by atoms with Crippen molar-refractivity contribution in [3.63, 3.8) is 0 Å². The molecule has 0 rings (SSSR count). The van der Waals surface area contributed by atoms with Crippen LogP contribution in [0.2, 0.25) is 0 Å². The number of aliphatic hydroxyl groups is 1. The van der Waals surface area contributed by atoms with Crippen molar-refractivity contribution in [2.45, 2.75) is 64.4 Å². The first-order valence-electron chi connectivity index (χ1n) is 5.48. The van der Waals surface area contributed by atoms with Crippen molar-refractivity contribution in [1.82, 2.24) is 0 Å². The van der Waals surface area contributed by atoms with Crippen LogP contribution in [0.3, 0.4) is 0 Å². The van der Waals surface area contributed by atoms with Gasteiger partial charge in [-0.2, -0.15) is 0 Å². The first kappa shape index (κ1) is 13.4. The molecule has 0 aliphatic rings. The Kier molecular flexibility index (Phi) is 6.54. The minimum absolute atomic E-state index is 0.120. The molecule has 0 spiro atoms. The second-order valence-electron chi connectivity index (χ2n) is 4.00. The number of carbonyl (C=O) groups is 1. The van der Waals surface area contributed by atoms with Crippen LogP contribution in [-0.2, 0) is 4.79 Å². The van der Waals surface area contributed by atoms with E-state index in [2.05, 4.69) is 6.92 Å². The summed E-state index contributed by atoms with van der Waals surface area (Å²) >= 11 is 0. The predicted molar refractivity (Wildman–Crippen MR) is 56.3 cm³/mol. The van der Waals surface area contributed by atoms with E-state index in [1.54, 1.807) is 0 Å². The molecule has 14 heavy (non-hydrogen) atoms. The summed E-state index contributed by atoms with van der Waals surface area (Å²) in [5.41, 5.74) is -0.976. The Morgan fingerprint density at radius 3 is 2.21 bits per heavy atom. The van der Waals surface area contributed by atoms with E-state index in [1.807, 2.05) is 6.92 Å². The van der Waals surface area contributed by atoms with Crippen molar-refractivity contribution in [2.24, 2.45) is 0 Å². The maximum atomic E-state index is 10.6. The fraction of sp³-hybridized carbons (Fsp3) is 0.909. The lowest BCUT2D eigenvalue weighted by Crippen LogP contribution is -2.31. The molecule has 0 aromatic rings. The number of aliphatic carboxylic acids is 1. The Hall–Kier alpha value is -0.570. The van der Waals surface area contributed by atoms with Gasteiger partial charge in [0.15, 0.2) is 0 Å². The monoisotopic (exact) mass is 202 g/mol. The average molecular weight is 202 g/mol. The molecule has 0 saturated heterocycles. The molecule has 1 unspecified atom stereocenters. The van der Waals surface area contributed by atoms with Gasteiger partial charge in [-0.3, -0.25) is 4.79 Å². The summed E-state index contributed by atoms with van der Waals surface area (Å²) in [4.78, 5) is 10.6. The second-order valence-corrected chi connectivity index (χ2v) is 4.00. The molecule has 0 heterocycles. The van der Waals surface area contributed by atoms with Crippen molar-refractivity contribution in [1.29, 1.82) is 0 Å². The van der Waals surface area contributed by atoms with Gasteiger partial charge < -0.3 is 10.2 Å². The van der Waals surface area contributed by atoms with Crippen molar-refractivity contribution < 1.29 is 15.0 Å². The highest BCUT2D eigenvalue weighted by atomic mass is 16.4. The average Bonchev–Trinajstić information content (AvgIpc) is 2.03. The van der Waals surface area contributed by atoms with Gasteiger partial charge in [-0.15, -0.1) is 0 Å². The van der Waals surface area contributed by atoms with E-state index >= 15 is 0 Å². The van der Waals surface area contributed by atoms with Crippen LogP contribution in [-0.4, -0.2) is 21.8 Å². The summed E-state index contributed by atoms with van der Waals surface area (Å²) in [5.74, 6) is -0.905. The summed E-state index contributed by atoms with van der Waals surface area (Å²) in [7, 11) is 0. The minimum atomic E-state index is -0.976. The van der Waals surface area contributed by atoms with Crippen molar-refractivity contribution in [2.75, 3.05) is 0 Å². The van der Waals surface area contributed by atoms with E-state index < -0.39 is 11.6 Å². The SMILES string of the molecule is CCCCCC(O)(CCC)CC(=O)O. The normalized spacial score (nSPS) is 15.1. The van der Waals surface area contributed by atoms with Crippen LogP contribution in [0.5, 0.6) is 0 Å². The summed E-state index contributed by atoms with van der Waals surface area (Å²) in [6, 6.07) is 0. The Bertz CT molecular complexity index is 168. The molecule has 0 aromatic heterocycles. The van der Waals surface area contributed by atoms with E-state index in [-0.39, 0.29) is 6.42 Å². The lowest BCUT2D eigenvalue weighted by molar-refractivity contribution is -0.143. The number of unbranched alkanes of at least 4 members (excludes halogenated alkanes) is 2. The Balaban J connectivity index is 4.02. The van der Waals surface area contributed by atoms with E-state index in [1.165, 1.54) is 0 Å². The number of carboxylic acids is 1. The van der Waals surface area contributed by atoms with Gasteiger partial charge in [-0.1, -0.05) is 39.5 Å². The first-order valence-corrected chi connectivity index (χ1v) is 5.48. The highest BCUT2D eigenvalue weighted by Crippen LogP contribution is 2.24. The Morgan fingerprint density at radius 2 is 1.79 bits per heavy atom. The van der Waals surface area contributed by atoms with Crippen LogP contribution in [0.1, 0.15) is 58.8 Å². The maximum Gasteiger partial charge on any atom is 0.306 e. The number of hydrogen-bond donors (Lipinski definition) is 2. The van der Waals surface area contributed by atoms with E-state index in [9.17, 15) is 9.90 Å². The van der Waals surface area contributed by atoms with E-state index in [0.29, 0.717) is 12.8 Å².